The number of amides is 2. The van der Waals surface area contributed by atoms with Gasteiger partial charge in [0, 0.05) is 70.0 Å². The number of hydrogen-bond acceptors (Lipinski definition) is 7. The third-order valence-electron chi connectivity index (χ3n) is 7.47. The number of hydrogen-bond donors (Lipinski definition) is 0. The van der Waals surface area contributed by atoms with Crippen LogP contribution in [0.25, 0.3) is 0 Å². The van der Waals surface area contributed by atoms with Crippen molar-refractivity contribution in [3.63, 3.8) is 0 Å². The smallest absolute Gasteiger partial charge is 0.254 e. The van der Waals surface area contributed by atoms with Crippen molar-refractivity contribution in [2.75, 3.05) is 56.5 Å². The molecule has 8 nitrogen and oxygen atoms in total. The second-order valence-electron chi connectivity index (χ2n) is 10.4. The zero-order valence-electron chi connectivity index (χ0n) is 23.0. The average molecular weight is 579 g/mol. The van der Waals surface area contributed by atoms with Crippen LogP contribution in [0, 0.1) is 6.92 Å². The van der Waals surface area contributed by atoms with Gasteiger partial charge in [-0.2, -0.15) is 0 Å². The Morgan fingerprint density at radius 1 is 0.950 bits per heavy atom. The average Bonchev–Trinajstić information content (AvgIpc) is 2.96. The fourth-order valence-corrected chi connectivity index (χ4v) is 6.14. The molecule has 40 heavy (non-hydrogen) atoms. The first kappa shape index (κ1) is 28.4. The van der Waals surface area contributed by atoms with Crippen molar-refractivity contribution in [2.24, 2.45) is 0 Å². The van der Waals surface area contributed by atoms with E-state index in [-0.39, 0.29) is 23.6 Å². The largest absolute Gasteiger partial charge is 0.353 e. The number of thioether (sulfide) groups is 1. The summed E-state index contributed by atoms with van der Waals surface area (Å²) in [6.07, 6.45) is 0. The summed E-state index contributed by atoms with van der Waals surface area (Å²) < 4.78 is 0. The third-order valence-corrected chi connectivity index (χ3v) is 8.50. The minimum atomic E-state index is 0.00883. The molecule has 0 saturated carbocycles. The van der Waals surface area contributed by atoms with Gasteiger partial charge in [0.2, 0.25) is 5.91 Å². The van der Waals surface area contributed by atoms with Crippen LogP contribution in [0.5, 0.6) is 0 Å². The number of halogens is 1. The van der Waals surface area contributed by atoms with Gasteiger partial charge in [-0.15, -0.1) is 0 Å². The van der Waals surface area contributed by atoms with E-state index in [4.69, 9.17) is 16.6 Å². The number of nitrogens with zero attached hydrogens (tertiary/aromatic N) is 6. The summed E-state index contributed by atoms with van der Waals surface area (Å²) in [5.41, 5.74) is 3.13. The summed E-state index contributed by atoms with van der Waals surface area (Å²) in [7, 11) is 0. The van der Waals surface area contributed by atoms with Crippen molar-refractivity contribution in [2.45, 2.75) is 31.6 Å². The monoisotopic (exact) mass is 578 g/mol. The second kappa shape index (κ2) is 13.0. The zero-order chi connectivity index (χ0) is 28.1. The summed E-state index contributed by atoms with van der Waals surface area (Å²) >= 11 is 7.69. The Balaban J connectivity index is 1.13. The van der Waals surface area contributed by atoms with Crippen LogP contribution in [0.3, 0.4) is 0 Å². The lowest BCUT2D eigenvalue weighted by molar-refractivity contribution is -0.130. The van der Waals surface area contributed by atoms with E-state index in [1.165, 1.54) is 17.3 Å². The summed E-state index contributed by atoms with van der Waals surface area (Å²) in [5, 5.41) is 0.838. The predicted molar refractivity (Wildman–Crippen MR) is 160 cm³/mol. The van der Waals surface area contributed by atoms with E-state index < -0.39 is 0 Å². The van der Waals surface area contributed by atoms with Crippen molar-refractivity contribution < 1.29 is 9.59 Å². The van der Waals surface area contributed by atoms with Crippen molar-refractivity contribution >= 4 is 41.0 Å². The molecule has 5 rings (SSSR count). The van der Waals surface area contributed by atoms with Crippen LogP contribution in [-0.4, -0.2) is 94.1 Å². The summed E-state index contributed by atoms with van der Waals surface area (Å²) in [4.78, 5) is 43.4. The van der Waals surface area contributed by atoms with Crippen LogP contribution >= 0.6 is 23.4 Å². The standard InChI is InChI=1S/C30H35ClN6O2S/c1-22-8-10-25(11-9-22)29(39)37-17-16-36(19-23(37)2)27-18-26(31)32-30(33-27)40-21-28(38)35-14-12-34(13-15-35)20-24-6-4-3-5-7-24/h3-11,18,23H,12-17,19-21H2,1-2H3. The molecule has 10 heteroatoms. The van der Waals surface area contributed by atoms with E-state index in [0.29, 0.717) is 35.5 Å². The third kappa shape index (κ3) is 7.13. The molecule has 210 valence electrons. The molecule has 2 aliphatic rings. The molecule has 2 fully saturated rings. The van der Waals surface area contributed by atoms with Crippen molar-refractivity contribution in [3.05, 3.63) is 82.5 Å². The van der Waals surface area contributed by atoms with Gasteiger partial charge in [0.05, 0.1) is 5.75 Å². The second-order valence-corrected chi connectivity index (χ2v) is 11.8. The molecule has 0 radical (unpaired) electrons. The van der Waals surface area contributed by atoms with Crippen LogP contribution in [0.1, 0.15) is 28.4 Å². The molecule has 2 saturated heterocycles. The zero-order valence-corrected chi connectivity index (χ0v) is 24.6. The lowest BCUT2D eigenvalue weighted by Gasteiger charge is -2.40. The van der Waals surface area contributed by atoms with Gasteiger partial charge in [0.1, 0.15) is 11.0 Å². The van der Waals surface area contributed by atoms with Crippen LogP contribution in [0.15, 0.2) is 65.8 Å². The molecule has 0 aliphatic carbocycles. The number of carbonyl (C=O) groups excluding carboxylic acids is 2. The highest BCUT2D eigenvalue weighted by molar-refractivity contribution is 7.99. The number of carbonyl (C=O) groups is 2. The number of piperazine rings is 2. The van der Waals surface area contributed by atoms with E-state index in [2.05, 4.69) is 46.0 Å². The van der Waals surface area contributed by atoms with Gasteiger partial charge < -0.3 is 14.7 Å². The van der Waals surface area contributed by atoms with Gasteiger partial charge in [-0.05, 0) is 31.5 Å². The van der Waals surface area contributed by atoms with Crippen LogP contribution in [0.2, 0.25) is 5.15 Å². The lowest BCUT2D eigenvalue weighted by Crippen LogP contribution is -2.54. The van der Waals surface area contributed by atoms with E-state index in [1.807, 2.05) is 47.1 Å². The molecule has 0 bridgehead atoms. The van der Waals surface area contributed by atoms with Crippen LogP contribution in [0.4, 0.5) is 5.82 Å². The molecule has 2 amide bonds. The molecule has 3 aromatic rings. The number of rotatable bonds is 7. The van der Waals surface area contributed by atoms with Crippen molar-refractivity contribution in [1.82, 2.24) is 24.7 Å². The van der Waals surface area contributed by atoms with E-state index in [0.717, 1.165) is 44.1 Å². The van der Waals surface area contributed by atoms with Crippen molar-refractivity contribution in [3.8, 4) is 0 Å². The maximum absolute atomic E-state index is 13.1. The first-order chi connectivity index (χ1) is 19.4. The lowest BCUT2D eigenvalue weighted by atomic mass is 10.1. The summed E-state index contributed by atoms with van der Waals surface area (Å²) in [5.74, 6) is 1.13. The summed E-state index contributed by atoms with van der Waals surface area (Å²) in [6, 6.07) is 19.9. The molecule has 2 aliphatic heterocycles. The molecule has 0 N–H and O–H groups in total. The van der Waals surface area contributed by atoms with Crippen LogP contribution < -0.4 is 4.90 Å². The molecule has 0 spiro atoms. The van der Waals surface area contributed by atoms with Gasteiger partial charge in [0.25, 0.3) is 5.91 Å². The summed E-state index contributed by atoms with van der Waals surface area (Å²) in [6.45, 7) is 10.0. The fourth-order valence-electron chi connectivity index (χ4n) is 5.16. The van der Waals surface area contributed by atoms with Gasteiger partial charge in [0.15, 0.2) is 5.16 Å². The SMILES string of the molecule is Cc1ccc(C(=O)N2CCN(c3cc(Cl)nc(SCC(=O)N4CCN(Cc5ccccc5)CC4)n3)CC2C)cc1. The molecule has 3 heterocycles. The maximum atomic E-state index is 13.1. The first-order valence-electron chi connectivity index (χ1n) is 13.7. The highest BCUT2D eigenvalue weighted by Crippen LogP contribution is 2.25. The van der Waals surface area contributed by atoms with E-state index in [9.17, 15) is 9.59 Å². The Bertz CT molecular complexity index is 1320. The Hall–Kier alpha value is -3.14. The normalized spacial score (nSPS) is 18.2. The number of anilines is 1. The predicted octanol–water partition coefficient (Wildman–Crippen LogP) is 4.23. The minimum absolute atomic E-state index is 0.00883. The molecule has 1 aromatic heterocycles. The number of aromatic nitrogens is 2. The van der Waals surface area contributed by atoms with Crippen molar-refractivity contribution in [1.29, 1.82) is 0 Å². The van der Waals surface area contributed by atoms with Gasteiger partial charge in [-0.1, -0.05) is 71.4 Å². The molecule has 1 unspecified atom stereocenters. The Morgan fingerprint density at radius 2 is 1.68 bits per heavy atom. The van der Waals surface area contributed by atoms with E-state index >= 15 is 0 Å². The first-order valence-corrected chi connectivity index (χ1v) is 15.1. The Morgan fingerprint density at radius 3 is 2.38 bits per heavy atom. The minimum Gasteiger partial charge on any atom is -0.353 e. The Labute approximate surface area is 245 Å². The van der Waals surface area contributed by atoms with Gasteiger partial charge in [-0.25, -0.2) is 9.97 Å². The highest BCUT2D eigenvalue weighted by Gasteiger charge is 2.29. The number of aryl methyl sites for hydroxylation is 1. The quantitative estimate of drug-likeness (QED) is 0.236. The molecular formula is C30H35ClN6O2S. The fraction of sp³-hybridized carbons (Fsp3) is 0.400. The maximum Gasteiger partial charge on any atom is 0.254 e. The van der Waals surface area contributed by atoms with E-state index in [1.54, 1.807) is 6.07 Å². The Kier molecular flexibility index (Phi) is 9.24. The number of benzene rings is 2. The highest BCUT2D eigenvalue weighted by atomic mass is 35.5. The molecule has 2 aromatic carbocycles. The van der Waals surface area contributed by atoms with Gasteiger partial charge >= 0.3 is 0 Å². The van der Waals surface area contributed by atoms with Crippen LogP contribution in [-0.2, 0) is 11.3 Å². The topological polar surface area (TPSA) is 72.9 Å². The van der Waals surface area contributed by atoms with Gasteiger partial charge in [-0.3, -0.25) is 14.5 Å². The molecule has 1 atom stereocenters. The molecular weight excluding hydrogens is 544 g/mol.